The van der Waals surface area contributed by atoms with Gasteiger partial charge in [-0.2, -0.15) is 0 Å². The Morgan fingerprint density at radius 3 is 2.90 bits per heavy atom. The zero-order valence-corrected chi connectivity index (χ0v) is 10.3. The van der Waals surface area contributed by atoms with E-state index < -0.39 is 22.1 Å². The van der Waals surface area contributed by atoms with E-state index in [9.17, 15) is 14.9 Å². The highest BCUT2D eigenvalue weighted by Crippen LogP contribution is 2.20. The van der Waals surface area contributed by atoms with E-state index in [0.717, 1.165) is 12.3 Å². The fraction of sp³-hybridized carbons (Fsp3) is 0.200. The van der Waals surface area contributed by atoms with E-state index in [4.69, 9.17) is 5.11 Å². The minimum atomic E-state index is -1.39. The Bertz CT molecular complexity index is 668. The van der Waals surface area contributed by atoms with Gasteiger partial charge in [-0.15, -0.1) is 10.2 Å². The van der Waals surface area contributed by atoms with Crippen LogP contribution in [0.1, 0.15) is 16.2 Å². The molecule has 0 amide bonds. The molecule has 2 rings (SSSR count). The maximum atomic E-state index is 11.0. The number of anilines is 1. The molecule has 0 fully saturated rings. The van der Waals surface area contributed by atoms with Gasteiger partial charge >= 0.3 is 11.7 Å². The molecule has 2 aromatic heterocycles. The first-order chi connectivity index (χ1) is 9.49. The van der Waals surface area contributed by atoms with Gasteiger partial charge in [0.05, 0.1) is 11.5 Å². The van der Waals surface area contributed by atoms with Gasteiger partial charge < -0.3 is 15.0 Å². The molecule has 0 bridgehead atoms. The van der Waals surface area contributed by atoms with Gasteiger partial charge in [-0.25, -0.2) is 9.78 Å². The Morgan fingerprint density at radius 2 is 2.35 bits per heavy atom. The van der Waals surface area contributed by atoms with Crippen molar-refractivity contribution < 1.29 is 14.8 Å². The Labute approximate surface area is 112 Å². The van der Waals surface area contributed by atoms with E-state index >= 15 is 0 Å². The van der Waals surface area contributed by atoms with E-state index in [1.54, 1.807) is 11.6 Å². The van der Waals surface area contributed by atoms with Crippen LogP contribution >= 0.6 is 0 Å². The molecule has 0 spiro atoms. The van der Waals surface area contributed by atoms with Crippen molar-refractivity contribution in [3.63, 3.8) is 0 Å². The number of carboxylic acid groups (broad SMARTS) is 1. The largest absolute Gasteiger partial charge is 0.477 e. The number of nitrogens with zero attached hydrogens (tertiary/aromatic N) is 5. The monoisotopic (exact) mass is 278 g/mol. The van der Waals surface area contributed by atoms with Gasteiger partial charge in [0, 0.05) is 13.1 Å². The Kier molecular flexibility index (Phi) is 3.55. The highest BCUT2D eigenvalue weighted by atomic mass is 16.6. The molecule has 0 aliphatic rings. The number of aromatic carboxylic acids is 1. The molecule has 0 radical (unpaired) electrons. The third kappa shape index (κ3) is 2.68. The summed E-state index contributed by atoms with van der Waals surface area (Å²) < 4.78 is 1.68. The molecular formula is C10H10N6O4. The van der Waals surface area contributed by atoms with Crippen LogP contribution in [0.2, 0.25) is 0 Å². The molecule has 2 aromatic rings. The molecule has 0 aliphatic heterocycles. The van der Waals surface area contributed by atoms with E-state index in [-0.39, 0.29) is 12.4 Å². The second-order valence-electron chi connectivity index (χ2n) is 3.86. The molecule has 0 saturated carbocycles. The second-order valence-corrected chi connectivity index (χ2v) is 3.86. The summed E-state index contributed by atoms with van der Waals surface area (Å²) in [6.07, 6.45) is 2.42. The zero-order valence-electron chi connectivity index (χ0n) is 10.3. The van der Waals surface area contributed by atoms with Gasteiger partial charge in [0.25, 0.3) is 0 Å². The summed E-state index contributed by atoms with van der Waals surface area (Å²) in [5, 5.41) is 30.0. The number of aryl methyl sites for hydroxylation is 1. The first kappa shape index (κ1) is 13.4. The number of carbonyl (C=O) groups is 1. The summed E-state index contributed by atoms with van der Waals surface area (Å²) in [4.78, 5) is 24.7. The number of pyridine rings is 1. The fourth-order valence-electron chi connectivity index (χ4n) is 1.50. The van der Waals surface area contributed by atoms with Crippen LogP contribution in [-0.4, -0.2) is 35.7 Å². The summed E-state index contributed by atoms with van der Waals surface area (Å²) in [7, 11) is 1.75. The molecule has 0 atom stereocenters. The van der Waals surface area contributed by atoms with Crippen LogP contribution < -0.4 is 5.32 Å². The van der Waals surface area contributed by atoms with E-state index in [1.165, 1.54) is 6.33 Å². The normalized spacial score (nSPS) is 10.2. The molecule has 10 heteroatoms. The average molecular weight is 278 g/mol. The van der Waals surface area contributed by atoms with Crippen molar-refractivity contribution in [2.45, 2.75) is 6.54 Å². The average Bonchev–Trinajstić information content (AvgIpc) is 2.81. The van der Waals surface area contributed by atoms with Crippen LogP contribution in [0.25, 0.3) is 0 Å². The number of nitro groups is 1. The van der Waals surface area contributed by atoms with Crippen LogP contribution in [0.4, 0.5) is 11.5 Å². The molecule has 0 unspecified atom stereocenters. The topological polar surface area (TPSA) is 136 Å². The molecular weight excluding hydrogens is 268 g/mol. The standard InChI is InChI=1S/C10H10N6O4/c1-15-5-13-14-9(15)4-12-8-2-6(10(17)18)7(3-11-8)16(19)20/h2-3,5H,4H2,1H3,(H,11,12)(H,17,18). The van der Waals surface area contributed by atoms with E-state index in [2.05, 4.69) is 20.5 Å². The Morgan fingerprint density at radius 1 is 1.60 bits per heavy atom. The van der Waals surface area contributed by atoms with Crippen LogP contribution in [0, 0.1) is 10.1 Å². The number of hydrogen-bond donors (Lipinski definition) is 2. The van der Waals surface area contributed by atoms with Gasteiger partial charge in [0.1, 0.15) is 23.9 Å². The number of rotatable bonds is 5. The summed E-state index contributed by atoms with van der Waals surface area (Å²) in [5.41, 5.74) is -0.979. The molecule has 20 heavy (non-hydrogen) atoms. The molecule has 0 aliphatic carbocycles. The highest BCUT2D eigenvalue weighted by molar-refractivity contribution is 5.93. The molecule has 104 valence electrons. The van der Waals surface area contributed by atoms with Crippen molar-refractivity contribution >= 4 is 17.5 Å². The quantitative estimate of drug-likeness (QED) is 0.593. The van der Waals surface area contributed by atoms with Crippen LogP contribution in [0.3, 0.4) is 0 Å². The lowest BCUT2D eigenvalue weighted by molar-refractivity contribution is -0.385. The molecule has 10 nitrogen and oxygen atoms in total. The number of aromatic nitrogens is 4. The van der Waals surface area contributed by atoms with Crippen molar-refractivity contribution in [2.75, 3.05) is 5.32 Å². The van der Waals surface area contributed by atoms with Crippen LogP contribution in [0.15, 0.2) is 18.6 Å². The smallest absolute Gasteiger partial charge is 0.342 e. The lowest BCUT2D eigenvalue weighted by Crippen LogP contribution is -2.09. The second kappa shape index (κ2) is 5.30. The summed E-state index contributed by atoms with van der Waals surface area (Å²) >= 11 is 0. The molecule has 2 N–H and O–H groups in total. The Balaban J connectivity index is 2.21. The minimum absolute atomic E-state index is 0.205. The number of carboxylic acids is 1. The third-order valence-corrected chi connectivity index (χ3v) is 2.54. The SMILES string of the molecule is Cn1cnnc1CNc1cc(C(=O)O)c([N+](=O)[O-])cn1. The minimum Gasteiger partial charge on any atom is -0.477 e. The van der Waals surface area contributed by atoms with Crippen LogP contribution in [-0.2, 0) is 13.6 Å². The third-order valence-electron chi connectivity index (χ3n) is 2.54. The predicted octanol–water partition coefficient (Wildman–Crippen LogP) is 0.429. The van der Waals surface area contributed by atoms with Crippen molar-refractivity contribution in [2.24, 2.45) is 7.05 Å². The zero-order chi connectivity index (χ0) is 14.7. The van der Waals surface area contributed by atoms with Gasteiger partial charge in [-0.3, -0.25) is 10.1 Å². The molecule has 0 aromatic carbocycles. The van der Waals surface area contributed by atoms with Crippen LogP contribution in [0.5, 0.6) is 0 Å². The first-order valence-corrected chi connectivity index (χ1v) is 5.43. The first-order valence-electron chi connectivity index (χ1n) is 5.43. The predicted molar refractivity (Wildman–Crippen MR) is 66.2 cm³/mol. The fourth-order valence-corrected chi connectivity index (χ4v) is 1.50. The van der Waals surface area contributed by atoms with E-state index in [0.29, 0.717) is 5.82 Å². The van der Waals surface area contributed by atoms with Gasteiger partial charge in [0.15, 0.2) is 5.82 Å². The lowest BCUT2D eigenvalue weighted by atomic mass is 10.2. The summed E-state index contributed by atoms with van der Waals surface area (Å²) in [5.74, 6) is -0.571. The summed E-state index contributed by atoms with van der Waals surface area (Å²) in [6, 6.07) is 1.11. The Hall–Kier alpha value is -3.04. The maximum absolute atomic E-state index is 11.0. The number of nitrogens with one attached hydrogen (secondary N) is 1. The summed E-state index contributed by atoms with van der Waals surface area (Å²) in [6.45, 7) is 0.264. The number of hydrogen-bond acceptors (Lipinski definition) is 7. The maximum Gasteiger partial charge on any atom is 0.342 e. The van der Waals surface area contributed by atoms with E-state index in [1.807, 2.05) is 0 Å². The van der Waals surface area contributed by atoms with Crippen molar-refractivity contribution in [1.29, 1.82) is 0 Å². The highest BCUT2D eigenvalue weighted by Gasteiger charge is 2.21. The van der Waals surface area contributed by atoms with Gasteiger partial charge in [-0.1, -0.05) is 0 Å². The molecule has 0 saturated heterocycles. The lowest BCUT2D eigenvalue weighted by Gasteiger charge is -2.06. The van der Waals surface area contributed by atoms with Gasteiger partial charge in [-0.05, 0) is 0 Å². The van der Waals surface area contributed by atoms with Crippen molar-refractivity contribution in [3.05, 3.63) is 40.1 Å². The van der Waals surface area contributed by atoms with Crippen molar-refractivity contribution in [1.82, 2.24) is 19.7 Å². The molecule has 2 heterocycles. The van der Waals surface area contributed by atoms with Gasteiger partial charge in [0.2, 0.25) is 0 Å². The van der Waals surface area contributed by atoms with Crippen molar-refractivity contribution in [3.8, 4) is 0 Å².